The van der Waals surface area contributed by atoms with E-state index in [0.29, 0.717) is 0 Å². The molecule has 0 fully saturated rings. The number of rotatable bonds is 4. The molecule has 1 unspecified atom stereocenters. The first-order valence-electron chi connectivity index (χ1n) is 4.92. The zero-order valence-electron chi connectivity index (χ0n) is 9.34. The first-order valence-corrected chi connectivity index (χ1v) is 5.30. The summed E-state index contributed by atoms with van der Waals surface area (Å²) in [6.07, 6.45) is 2.14. The minimum Gasteiger partial charge on any atom is -0.491 e. The zero-order valence-corrected chi connectivity index (χ0v) is 10.1. The van der Waals surface area contributed by atoms with Gasteiger partial charge < -0.3 is 4.74 Å². The number of halogens is 3. The zero-order chi connectivity index (χ0) is 13.0. The van der Waals surface area contributed by atoms with E-state index in [-0.39, 0.29) is 10.6 Å². The Balaban J connectivity index is 3.00. The molecular weight excluding hydrogens is 250 g/mol. The van der Waals surface area contributed by atoms with Crippen molar-refractivity contribution in [2.24, 2.45) is 0 Å². The number of allylic oxidation sites excluding steroid dienone is 1. The number of hydrogen-bond acceptors (Lipinski definition) is 2. The monoisotopic (exact) mass is 260 g/mol. The lowest BCUT2D eigenvalue weighted by molar-refractivity contribution is 0.0741. The number of carbonyl (C=O) groups excluding carboxylic acids is 1. The predicted molar refractivity (Wildman–Crippen MR) is 61.1 cm³/mol. The molecule has 1 atom stereocenters. The van der Waals surface area contributed by atoms with Gasteiger partial charge in [-0.25, -0.2) is 8.78 Å². The Labute approximate surface area is 103 Å². The quantitative estimate of drug-likeness (QED) is 0.468. The summed E-state index contributed by atoms with van der Waals surface area (Å²) in [7, 11) is 0. The Morgan fingerprint density at radius 1 is 1.41 bits per heavy atom. The van der Waals surface area contributed by atoms with Gasteiger partial charge in [0.2, 0.25) is 5.78 Å². The van der Waals surface area contributed by atoms with Crippen LogP contribution in [0.3, 0.4) is 0 Å². The molecule has 17 heavy (non-hydrogen) atoms. The van der Waals surface area contributed by atoms with Crippen LogP contribution in [0.15, 0.2) is 24.5 Å². The molecule has 0 heterocycles. The van der Waals surface area contributed by atoms with Crippen molar-refractivity contribution >= 4 is 17.4 Å². The molecule has 0 amide bonds. The van der Waals surface area contributed by atoms with Gasteiger partial charge in [0.15, 0.2) is 17.7 Å². The fourth-order valence-electron chi connectivity index (χ4n) is 1.19. The summed E-state index contributed by atoms with van der Waals surface area (Å²) in [5.74, 6) is -2.71. The minimum atomic E-state index is -1.11. The summed E-state index contributed by atoms with van der Waals surface area (Å²) in [6.45, 7) is 3.22. The standard InChI is InChI=1S/C12H11ClF2O2/c1-3-4-17-7(2)12(16)8-5-10(14)11(15)6-9(8)13/h3-7H,1-2H3/b4-3+. The van der Waals surface area contributed by atoms with Gasteiger partial charge in [0.05, 0.1) is 11.3 Å². The molecule has 0 spiro atoms. The lowest BCUT2D eigenvalue weighted by Crippen LogP contribution is -2.19. The van der Waals surface area contributed by atoms with E-state index in [4.69, 9.17) is 16.3 Å². The number of ketones is 1. The van der Waals surface area contributed by atoms with E-state index in [1.165, 1.54) is 13.2 Å². The third-order valence-electron chi connectivity index (χ3n) is 2.06. The summed E-state index contributed by atoms with van der Waals surface area (Å²) in [5.41, 5.74) is -0.0948. The molecule has 1 rings (SSSR count). The topological polar surface area (TPSA) is 26.3 Å². The van der Waals surface area contributed by atoms with Crippen LogP contribution < -0.4 is 0 Å². The van der Waals surface area contributed by atoms with Crippen molar-refractivity contribution in [3.8, 4) is 0 Å². The van der Waals surface area contributed by atoms with E-state index in [1.807, 2.05) is 0 Å². The molecule has 0 aliphatic rings. The minimum absolute atomic E-state index is 0.0948. The van der Waals surface area contributed by atoms with Gasteiger partial charge in [0.25, 0.3) is 0 Å². The highest BCUT2D eigenvalue weighted by molar-refractivity contribution is 6.34. The third kappa shape index (κ3) is 3.27. The van der Waals surface area contributed by atoms with E-state index in [2.05, 4.69) is 0 Å². The highest BCUT2D eigenvalue weighted by Crippen LogP contribution is 2.22. The van der Waals surface area contributed by atoms with Crippen LogP contribution in [0.1, 0.15) is 24.2 Å². The number of hydrogen-bond donors (Lipinski definition) is 0. The molecule has 2 nitrogen and oxygen atoms in total. The molecule has 1 aromatic carbocycles. The average molecular weight is 261 g/mol. The molecule has 0 bridgehead atoms. The molecule has 0 aliphatic carbocycles. The van der Waals surface area contributed by atoms with Crippen LogP contribution in [0.2, 0.25) is 5.02 Å². The van der Waals surface area contributed by atoms with Crippen molar-refractivity contribution in [3.05, 3.63) is 46.7 Å². The van der Waals surface area contributed by atoms with Crippen LogP contribution in [0.5, 0.6) is 0 Å². The number of carbonyl (C=O) groups is 1. The fourth-order valence-corrected chi connectivity index (χ4v) is 1.43. The highest BCUT2D eigenvalue weighted by atomic mass is 35.5. The number of ether oxygens (including phenoxy) is 1. The van der Waals surface area contributed by atoms with Crippen LogP contribution in [0.25, 0.3) is 0 Å². The van der Waals surface area contributed by atoms with Crippen LogP contribution in [0, 0.1) is 11.6 Å². The highest BCUT2D eigenvalue weighted by Gasteiger charge is 2.20. The van der Waals surface area contributed by atoms with Crippen molar-refractivity contribution in [1.82, 2.24) is 0 Å². The van der Waals surface area contributed by atoms with E-state index in [0.717, 1.165) is 12.1 Å². The maximum atomic E-state index is 13.0. The second-order valence-electron chi connectivity index (χ2n) is 3.36. The van der Waals surface area contributed by atoms with Gasteiger partial charge in [-0.15, -0.1) is 0 Å². The molecule has 0 N–H and O–H groups in total. The van der Waals surface area contributed by atoms with E-state index >= 15 is 0 Å². The molecule has 0 aliphatic heterocycles. The van der Waals surface area contributed by atoms with Crippen molar-refractivity contribution in [2.75, 3.05) is 0 Å². The van der Waals surface area contributed by atoms with E-state index in [9.17, 15) is 13.6 Å². The van der Waals surface area contributed by atoms with Gasteiger partial charge in [-0.3, -0.25) is 4.79 Å². The lowest BCUT2D eigenvalue weighted by atomic mass is 10.1. The van der Waals surface area contributed by atoms with Crippen LogP contribution in [0.4, 0.5) is 8.78 Å². The lowest BCUT2D eigenvalue weighted by Gasteiger charge is -2.11. The number of benzene rings is 1. The number of Topliss-reactive ketones (excluding diaryl/α,β-unsaturated/α-hetero) is 1. The van der Waals surface area contributed by atoms with Gasteiger partial charge >= 0.3 is 0 Å². The van der Waals surface area contributed by atoms with Gasteiger partial charge in [-0.05, 0) is 26.0 Å². The summed E-state index contributed by atoms with van der Waals surface area (Å²) in [5, 5.41) is -0.134. The molecular formula is C12H11ClF2O2. The van der Waals surface area contributed by atoms with Crippen molar-refractivity contribution < 1.29 is 18.3 Å². The Kier molecular flexibility index (Phi) is 4.63. The van der Waals surface area contributed by atoms with Crippen LogP contribution in [-0.2, 0) is 4.74 Å². The Bertz CT molecular complexity index is 458. The molecule has 0 saturated heterocycles. The smallest absolute Gasteiger partial charge is 0.204 e. The summed E-state index contributed by atoms with van der Waals surface area (Å²) in [6, 6.07) is 1.54. The van der Waals surface area contributed by atoms with Gasteiger partial charge in [0.1, 0.15) is 0 Å². The summed E-state index contributed by atoms with van der Waals surface area (Å²) in [4.78, 5) is 11.8. The first-order chi connectivity index (χ1) is 7.97. The van der Waals surface area contributed by atoms with Crippen molar-refractivity contribution in [1.29, 1.82) is 0 Å². The molecule has 5 heteroatoms. The fraction of sp³-hybridized carbons (Fsp3) is 0.250. The summed E-state index contributed by atoms with van der Waals surface area (Å²) < 4.78 is 30.8. The normalized spacial score (nSPS) is 12.8. The molecule has 0 saturated carbocycles. The van der Waals surface area contributed by atoms with Gasteiger partial charge in [0, 0.05) is 5.56 Å². The molecule has 92 valence electrons. The predicted octanol–water partition coefficient (Wildman–Crippen LogP) is 3.74. The SMILES string of the molecule is C/C=C/OC(C)C(=O)c1cc(F)c(F)cc1Cl. The van der Waals surface area contributed by atoms with Gasteiger partial charge in [-0.1, -0.05) is 17.7 Å². The summed E-state index contributed by atoms with van der Waals surface area (Å²) >= 11 is 5.67. The van der Waals surface area contributed by atoms with Crippen LogP contribution in [-0.4, -0.2) is 11.9 Å². The molecule has 0 aromatic heterocycles. The van der Waals surface area contributed by atoms with E-state index < -0.39 is 23.5 Å². The molecule has 1 aromatic rings. The maximum absolute atomic E-state index is 13.0. The Morgan fingerprint density at radius 2 is 2.00 bits per heavy atom. The Hall–Kier alpha value is -1.42. The van der Waals surface area contributed by atoms with Crippen molar-refractivity contribution in [3.63, 3.8) is 0 Å². The largest absolute Gasteiger partial charge is 0.491 e. The first kappa shape index (κ1) is 13.6. The average Bonchev–Trinajstić information content (AvgIpc) is 2.29. The maximum Gasteiger partial charge on any atom is 0.204 e. The van der Waals surface area contributed by atoms with Crippen LogP contribution >= 0.6 is 11.6 Å². The third-order valence-corrected chi connectivity index (χ3v) is 2.38. The Morgan fingerprint density at radius 3 is 2.59 bits per heavy atom. The molecule has 0 radical (unpaired) electrons. The van der Waals surface area contributed by atoms with Gasteiger partial charge in [-0.2, -0.15) is 0 Å². The van der Waals surface area contributed by atoms with Crippen molar-refractivity contribution in [2.45, 2.75) is 20.0 Å². The van der Waals surface area contributed by atoms with E-state index in [1.54, 1.807) is 13.0 Å². The second kappa shape index (κ2) is 5.77. The second-order valence-corrected chi connectivity index (χ2v) is 3.77.